The van der Waals surface area contributed by atoms with Gasteiger partial charge in [0.1, 0.15) is 0 Å². The van der Waals surface area contributed by atoms with Crippen molar-refractivity contribution < 1.29 is 37.8 Å². The second-order valence-electron chi connectivity index (χ2n) is 7.09. The number of nitrogens with zero attached hydrogens (tertiary/aromatic N) is 2. The summed E-state index contributed by atoms with van der Waals surface area (Å²) in [5, 5.41) is 24.6. The fourth-order valence-corrected chi connectivity index (χ4v) is 4.74. The largest absolute Gasteiger partial charge is 0.478 e. The van der Waals surface area contributed by atoms with Crippen molar-refractivity contribution in [2.45, 2.75) is 6.18 Å². The molecule has 0 bridgehead atoms. The lowest BCUT2D eigenvalue weighted by Gasteiger charge is -2.06. The molecule has 9 nitrogen and oxygen atoms in total. The fourth-order valence-electron chi connectivity index (χ4n) is 3.00. The molecule has 2 aromatic heterocycles. The maximum Gasteiger partial charge on any atom is 0.434 e. The number of rotatable bonds is 7. The predicted octanol–water partition coefficient (Wildman–Crippen LogP) is 5.68. The van der Waals surface area contributed by atoms with Crippen molar-refractivity contribution in [1.82, 2.24) is 9.97 Å². The number of hydrogen-bond acceptors (Lipinski definition) is 8. The van der Waals surface area contributed by atoms with Gasteiger partial charge >= 0.3 is 18.1 Å². The number of hydrogen-bond donors (Lipinski definition) is 4. The first-order chi connectivity index (χ1) is 17.0. The zero-order chi connectivity index (χ0) is 26.0. The number of benzene rings is 2. The quantitative estimate of drug-likeness (QED) is 0.237. The summed E-state index contributed by atoms with van der Waals surface area (Å²) in [6.07, 6.45) is -4.83. The number of carbonyl (C=O) groups excluding carboxylic acids is 1. The summed E-state index contributed by atoms with van der Waals surface area (Å²) in [7, 11) is 0. The maximum absolute atomic E-state index is 13.7. The third-order valence-corrected chi connectivity index (χ3v) is 6.32. The van der Waals surface area contributed by atoms with E-state index in [0.29, 0.717) is 11.3 Å². The molecule has 0 aliphatic carbocycles. The Morgan fingerprint density at radius 3 is 2.08 bits per heavy atom. The minimum absolute atomic E-state index is 0.0735. The predicted molar refractivity (Wildman–Crippen MR) is 126 cm³/mol. The third-order valence-electron chi connectivity index (χ3n) is 4.57. The number of amides is 1. The normalized spacial score (nSPS) is 11.2. The molecule has 1 amide bonds. The van der Waals surface area contributed by atoms with Crippen LogP contribution in [0.25, 0.3) is 10.6 Å². The van der Waals surface area contributed by atoms with Crippen LogP contribution < -0.4 is 10.6 Å². The number of aromatic nitrogens is 2. The third kappa shape index (κ3) is 5.50. The van der Waals surface area contributed by atoms with Gasteiger partial charge in [0.15, 0.2) is 16.0 Å². The van der Waals surface area contributed by atoms with Crippen molar-refractivity contribution in [3.63, 3.8) is 0 Å². The van der Waals surface area contributed by atoms with Gasteiger partial charge < -0.3 is 15.5 Å². The molecule has 0 atom stereocenters. The minimum atomic E-state index is -4.83. The number of halogens is 3. The average Bonchev–Trinajstić information content (AvgIpc) is 3.46. The van der Waals surface area contributed by atoms with Gasteiger partial charge in [-0.05, 0) is 30.3 Å². The Kier molecular flexibility index (Phi) is 6.72. The Hall–Kier alpha value is -4.30. The van der Waals surface area contributed by atoms with Crippen LogP contribution in [0.3, 0.4) is 0 Å². The number of nitrogens with one attached hydrogen (secondary N) is 2. The first kappa shape index (κ1) is 24.8. The van der Waals surface area contributed by atoms with Crippen LogP contribution >= 0.6 is 22.7 Å². The minimum Gasteiger partial charge on any atom is -0.478 e. The fraction of sp³-hybridized carbons (Fsp3) is 0.0455. The Morgan fingerprint density at radius 2 is 1.50 bits per heavy atom. The van der Waals surface area contributed by atoms with E-state index < -0.39 is 29.7 Å². The zero-order valence-corrected chi connectivity index (χ0v) is 19.3. The Balaban J connectivity index is 1.63. The van der Waals surface area contributed by atoms with Crippen LogP contribution in [0.5, 0.6) is 0 Å². The molecule has 0 unspecified atom stereocenters. The van der Waals surface area contributed by atoms with Gasteiger partial charge in [-0.3, -0.25) is 10.1 Å². The summed E-state index contributed by atoms with van der Waals surface area (Å²) in [5.74, 6) is -3.34. The van der Waals surface area contributed by atoms with E-state index in [1.165, 1.54) is 29.6 Å². The van der Waals surface area contributed by atoms with Crippen LogP contribution in [0.1, 0.15) is 36.8 Å². The highest BCUT2D eigenvalue weighted by atomic mass is 32.1. The smallest absolute Gasteiger partial charge is 0.434 e. The van der Waals surface area contributed by atoms with Crippen LogP contribution in [0, 0.1) is 0 Å². The average molecular weight is 534 g/mol. The van der Waals surface area contributed by atoms with Gasteiger partial charge in [0.2, 0.25) is 0 Å². The van der Waals surface area contributed by atoms with Crippen LogP contribution in [0.4, 0.5) is 29.1 Å². The Morgan fingerprint density at radius 1 is 0.861 bits per heavy atom. The summed E-state index contributed by atoms with van der Waals surface area (Å²) in [6, 6.07) is 11.2. The maximum atomic E-state index is 13.7. The molecule has 0 aliphatic heterocycles. The number of carbonyl (C=O) groups is 3. The Bertz CT molecular complexity index is 1440. The molecule has 0 aliphatic rings. The lowest BCUT2D eigenvalue weighted by atomic mass is 10.1. The van der Waals surface area contributed by atoms with Gasteiger partial charge in [-0.25, -0.2) is 19.6 Å². The van der Waals surface area contributed by atoms with Crippen molar-refractivity contribution in [1.29, 1.82) is 0 Å². The Labute approximate surface area is 207 Å². The SMILES string of the molecule is O=C(O)c1cc(Nc2nc(-c3sc(NC(=O)c4ccccc4)nc3C(F)(F)F)cs2)cc(C(=O)O)c1. The molecular formula is C22H13F3N4O5S2. The number of anilines is 3. The number of alkyl halides is 3. The van der Waals surface area contributed by atoms with Crippen molar-refractivity contribution in [3.05, 3.63) is 76.3 Å². The van der Waals surface area contributed by atoms with Crippen LogP contribution in [0.2, 0.25) is 0 Å². The second kappa shape index (κ2) is 9.75. The zero-order valence-electron chi connectivity index (χ0n) is 17.7. The molecule has 36 heavy (non-hydrogen) atoms. The molecule has 0 radical (unpaired) electrons. The number of aromatic carboxylic acids is 2. The van der Waals surface area contributed by atoms with Crippen molar-refractivity contribution in [3.8, 4) is 10.6 Å². The highest BCUT2D eigenvalue weighted by Gasteiger charge is 2.39. The van der Waals surface area contributed by atoms with E-state index in [2.05, 4.69) is 20.6 Å². The van der Waals surface area contributed by atoms with E-state index in [-0.39, 0.29) is 43.2 Å². The molecule has 2 aromatic carbocycles. The molecule has 0 spiro atoms. The van der Waals surface area contributed by atoms with Gasteiger partial charge in [0.25, 0.3) is 5.91 Å². The van der Waals surface area contributed by atoms with Crippen molar-refractivity contribution >= 4 is 56.5 Å². The molecule has 0 saturated carbocycles. The molecule has 4 rings (SSSR count). The molecule has 0 fully saturated rings. The molecule has 184 valence electrons. The van der Waals surface area contributed by atoms with Crippen molar-refractivity contribution in [2.75, 3.05) is 10.6 Å². The lowest BCUT2D eigenvalue weighted by Crippen LogP contribution is -2.12. The summed E-state index contributed by atoms with van der Waals surface area (Å²) in [4.78, 5) is 42.3. The highest BCUT2D eigenvalue weighted by molar-refractivity contribution is 7.20. The standard InChI is InChI=1S/C22H13F3N4O5S2/c23-22(24,25)16-15(36-21(28-16)29-17(30)10-4-2-1-3-5-10)14-9-35-20(27-14)26-13-7-11(18(31)32)6-12(8-13)19(33)34/h1-9H,(H,26,27)(H,31,32)(H,33,34)(H,28,29,30). The molecular weight excluding hydrogens is 521 g/mol. The number of carboxylic acid groups (broad SMARTS) is 2. The van der Waals surface area contributed by atoms with E-state index in [1.807, 2.05) is 0 Å². The lowest BCUT2D eigenvalue weighted by molar-refractivity contribution is -0.140. The van der Waals surface area contributed by atoms with Gasteiger partial charge in [0.05, 0.1) is 21.7 Å². The summed E-state index contributed by atoms with van der Waals surface area (Å²) < 4.78 is 41.0. The van der Waals surface area contributed by atoms with Crippen LogP contribution in [-0.2, 0) is 6.18 Å². The molecule has 4 aromatic rings. The summed E-state index contributed by atoms with van der Waals surface area (Å²) in [5.41, 5.74) is -1.59. The van der Waals surface area contributed by atoms with Gasteiger partial charge in [0, 0.05) is 16.6 Å². The van der Waals surface area contributed by atoms with E-state index in [0.717, 1.165) is 17.4 Å². The molecule has 2 heterocycles. The summed E-state index contributed by atoms with van der Waals surface area (Å²) in [6.45, 7) is 0. The first-order valence-corrected chi connectivity index (χ1v) is 11.5. The molecule has 0 saturated heterocycles. The number of thiazole rings is 2. The molecule has 4 N–H and O–H groups in total. The molecule has 14 heteroatoms. The van der Waals surface area contributed by atoms with Gasteiger partial charge in [-0.2, -0.15) is 13.2 Å². The summed E-state index contributed by atoms with van der Waals surface area (Å²) >= 11 is 1.51. The van der Waals surface area contributed by atoms with Crippen LogP contribution in [-0.4, -0.2) is 38.0 Å². The van der Waals surface area contributed by atoms with E-state index in [1.54, 1.807) is 18.2 Å². The van der Waals surface area contributed by atoms with E-state index >= 15 is 0 Å². The van der Waals surface area contributed by atoms with E-state index in [4.69, 9.17) is 0 Å². The van der Waals surface area contributed by atoms with E-state index in [9.17, 15) is 37.8 Å². The van der Waals surface area contributed by atoms with Gasteiger partial charge in [-0.1, -0.05) is 29.5 Å². The second-order valence-corrected chi connectivity index (χ2v) is 8.94. The highest BCUT2D eigenvalue weighted by Crippen LogP contribution is 2.43. The topological polar surface area (TPSA) is 142 Å². The first-order valence-electron chi connectivity index (χ1n) is 9.80. The number of carboxylic acids is 2. The monoisotopic (exact) mass is 534 g/mol. The van der Waals surface area contributed by atoms with Crippen molar-refractivity contribution in [2.24, 2.45) is 0 Å². The van der Waals surface area contributed by atoms with Gasteiger partial charge in [-0.15, -0.1) is 11.3 Å². The van der Waals surface area contributed by atoms with Crippen LogP contribution in [0.15, 0.2) is 53.9 Å².